The van der Waals surface area contributed by atoms with Crippen molar-refractivity contribution < 1.29 is 4.79 Å². The number of pyridine rings is 1. The van der Waals surface area contributed by atoms with Gasteiger partial charge in [0.05, 0.1) is 5.56 Å². The van der Waals surface area contributed by atoms with Gasteiger partial charge in [-0.05, 0) is 30.9 Å². The Labute approximate surface area is 137 Å². The first-order chi connectivity index (χ1) is 11.3. The molecule has 6 nitrogen and oxygen atoms in total. The third-order valence-corrected chi connectivity index (χ3v) is 4.78. The fourth-order valence-corrected chi connectivity index (χ4v) is 3.34. The fraction of sp³-hybridized carbons (Fsp3) is 0.588. The number of carbonyl (C=O) groups excluding carboxylic acids is 1. The third-order valence-electron chi connectivity index (χ3n) is 4.78. The van der Waals surface area contributed by atoms with E-state index in [0.29, 0.717) is 24.6 Å². The predicted octanol–water partition coefficient (Wildman–Crippen LogP) is 1.98. The van der Waals surface area contributed by atoms with E-state index in [4.69, 9.17) is 5.26 Å². The molecule has 2 fully saturated rings. The lowest BCUT2D eigenvalue weighted by Crippen LogP contribution is -2.52. The standard InChI is InChI=1S/C17H23N5O/c18-11-15-5-6-16(19-13-15)21-7-9-22(10-8-21)17(23)20-12-14-3-1-2-4-14/h5-6,13-14H,1-4,7-10,12H2,(H,20,23). The molecule has 0 aromatic carbocycles. The summed E-state index contributed by atoms with van der Waals surface area (Å²) in [4.78, 5) is 20.6. The summed E-state index contributed by atoms with van der Waals surface area (Å²) in [7, 11) is 0. The largest absolute Gasteiger partial charge is 0.353 e. The van der Waals surface area contributed by atoms with Crippen LogP contribution in [0.5, 0.6) is 0 Å². The molecule has 6 heteroatoms. The number of hydrogen-bond acceptors (Lipinski definition) is 4. The average molecular weight is 313 g/mol. The van der Waals surface area contributed by atoms with Crippen molar-refractivity contribution in [2.45, 2.75) is 25.7 Å². The van der Waals surface area contributed by atoms with E-state index in [9.17, 15) is 4.79 Å². The number of carbonyl (C=O) groups is 1. The normalized spacial score (nSPS) is 18.7. The number of anilines is 1. The minimum absolute atomic E-state index is 0.0596. The van der Waals surface area contributed by atoms with Gasteiger partial charge in [-0.1, -0.05) is 12.8 Å². The zero-order valence-electron chi connectivity index (χ0n) is 13.4. The summed E-state index contributed by atoms with van der Waals surface area (Å²) in [6, 6.07) is 5.78. The van der Waals surface area contributed by atoms with Gasteiger partial charge in [-0.15, -0.1) is 0 Å². The molecule has 0 atom stereocenters. The Kier molecular flexibility index (Phi) is 4.96. The van der Waals surface area contributed by atoms with E-state index in [2.05, 4.69) is 21.3 Å². The summed E-state index contributed by atoms with van der Waals surface area (Å²) in [5, 5.41) is 11.9. The predicted molar refractivity (Wildman–Crippen MR) is 88.1 cm³/mol. The SMILES string of the molecule is N#Cc1ccc(N2CCN(C(=O)NCC3CCCC3)CC2)nc1. The molecule has 1 N–H and O–H groups in total. The molecule has 0 bridgehead atoms. The van der Waals surface area contributed by atoms with Crippen LogP contribution in [0.15, 0.2) is 18.3 Å². The summed E-state index contributed by atoms with van der Waals surface area (Å²) >= 11 is 0. The molecular weight excluding hydrogens is 290 g/mol. The number of aromatic nitrogens is 1. The van der Waals surface area contributed by atoms with Gasteiger partial charge in [-0.2, -0.15) is 5.26 Å². The molecule has 1 aliphatic heterocycles. The summed E-state index contributed by atoms with van der Waals surface area (Å²) in [5.74, 6) is 1.54. The van der Waals surface area contributed by atoms with Gasteiger partial charge in [-0.3, -0.25) is 0 Å². The van der Waals surface area contributed by atoms with Crippen molar-refractivity contribution in [3.05, 3.63) is 23.9 Å². The average Bonchev–Trinajstić information content (AvgIpc) is 3.13. The van der Waals surface area contributed by atoms with Crippen LogP contribution in [0.1, 0.15) is 31.2 Å². The highest BCUT2D eigenvalue weighted by atomic mass is 16.2. The topological polar surface area (TPSA) is 72.3 Å². The molecule has 1 aromatic heterocycles. The van der Waals surface area contributed by atoms with E-state index in [1.807, 2.05) is 11.0 Å². The maximum Gasteiger partial charge on any atom is 0.317 e. The van der Waals surface area contributed by atoms with E-state index < -0.39 is 0 Å². The lowest BCUT2D eigenvalue weighted by Gasteiger charge is -2.35. The molecule has 2 amide bonds. The Hall–Kier alpha value is -2.29. The van der Waals surface area contributed by atoms with Crippen molar-refractivity contribution in [3.8, 4) is 6.07 Å². The van der Waals surface area contributed by atoms with E-state index in [1.54, 1.807) is 12.3 Å². The molecule has 2 aliphatic rings. The van der Waals surface area contributed by atoms with Gasteiger partial charge in [0.1, 0.15) is 11.9 Å². The first kappa shape index (κ1) is 15.6. The zero-order chi connectivity index (χ0) is 16.1. The molecule has 122 valence electrons. The number of nitrogens with one attached hydrogen (secondary N) is 1. The van der Waals surface area contributed by atoms with Gasteiger partial charge in [0.2, 0.25) is 0 Å². The maximum atomic E-state index is 12.2. The second-order valence-corrected chi connectivity index (χ2v) is 6.33. The highest BCUT2D eigenvalue weighted by molar-refractivity contribution is 5.74. The van der Waals surface area contributed by atoms with Crippen molar-refractivity contribution in [1.82, 2.24) is 15.2 Å². The number of nitriles is 1. The lowest BCUT2D eigenvalue weighted by atomic mass is 10.1. The van der Waals surface area contributed by atoms with Crippen LogP contribution in [0.4, 0.5) is 10.6 Å². The first-order valence-corrected chi connectivity index (χ1v) is 8.40. The molecule has 1 saturated carbocycles. The van der Waals surface area contributed by atoms with E-state index in [0.717, 1.165) is 25.5 Å². The van der Waals surface area contributed by atoms with Crippen LogP contribution in [-0.4, -0.2) is 48.6 Å². The second-order valence-electron chi connectivity index (χ2n) is 6.33. The van der Waals surface area contributed by atoms with E-state index in [-0.39, 0.29) is 6.03 Å². The molecule has 3 rings (SSSR count). The van der Waals surface area contributed by atoms with Crippen molar-refractivity contribution in [3.63, 3.8) is 0 Å². The summed E-state index contributed by atoms with van der Waals surface area (Å²) in [6.45, 7) is 3.78. The van der Waals surface area contributed by atoms with Crippen LogP contribution in [-0.2, 0) is 0 Å². The lowest BCUT2D eigenvalue weighted by molar-refractivity contribution is 0.192. The fourth-order valence-electron chi connectivity index (χ4n) is 3.34. The van der Waals surface area contributed by atoms with Crippen LogP contribution in [0.2, 0.25) is 0 Å². The minimum atomic E-state index is 0.0596. The Morgan fingerprint density at radius 2 is 2.00 bits per heavy atom. The van der Waals surface area contributed by atoms with Crippen LogP contribution >= 0.6 is 0 Å². The van der Waals surface area contributed by atoms with Gasteiger partial charge in [-0.25, -0.2) is 9.78 Å². The molecule has 0 unspecified atom stereocenters. The minimum Gasteiger partial charge on any atom is -0.353 e. The van der Waals surface area contributed by atoms with Gasteiger partial charge < -0.3 is 15.1 Å². The van der Waals surface area contributed by atoms with Crippen LogP contribution in [0.25, 0.3) is 0 Å². The van der Waals surface area contributed by atoms with Gasteiger partial charge >= 0.3 is 6.03 Å². The van der Waals surface area contributed by atoms with Gasteiger partial charge in [0.25, 0.3) is 0 Å². The van der Waals surface area contributed by atoms with Crippen molar-refractivity contribution in [2.75, 3.05) is 37.6 Å². The smallest absolute Gasteiger partial charge is 0.317 e. The Balaban J connectivity index is 1.45. The quantitative estimate of drug-likeness (QED) is 0.926. The number of rotatable bonds is 3. The zero-order valence-corrected chi connectivity index (χ0v) is 13.4. The van der Waals surface area contributed by atoms with Gasteiger partial charge in [0.15, 0.2) is 0 Å². The molecule has 0 radical (unpaired) electrons. The number of hydrogen-bond donors (Lipinski definition) is 1. The number of amides is 2. The van der Waals surface area contributed by atoms with Crippen molar-refractivity contribution >= 4 is 11.8 Å². The molecule has 1 aliphatic carbocycles. The number of nitrogens with zero attached hydrogens (tertiary/aromatic N) is 4. The highest BCUT2D eigenvalue weighted by Crippen LogP contribution is 2.23. The second kappa shape index (κ2) is 7.32. The molecule has 0 spiro atoms. The molecule has 2 heterocycles. The highest BCUT2D eigenvalue weighted by Gasteiger charge is 2.23. The summed E-state index contributed by atoms with van der Waals surface area (Å²) in [5.41, 5.74) is 0.568. The monoisotopic (exact) mass is 313 g/mol. The third kappa shape index (κ3) is 3.92. The molecule has 1 aromatic rings. The molecular formula is C17H23N5O. The van der Waals surface area contributed by atoms with Crippen LogP contribution in [0, 0.1) is 17.2 Å². The number of urea groups is 1. The van der Waals surface area contributed by atoms with Gasteiger partial charge in [0, 0.05) is 38.9 Å². The van der Waals surface area contributed by atoms with E-state index >= 15 is 0 Å². The van der Waals surface area contributed by atoms with Crippen molar-refractivity contribution in [1.29, 1.82) is 5.26 Å². The maximum absolute atomic E-state index is 12.2. The Bertz CT molecular complexity index is 566. The summed E-state index contributed by atoms with van der Waals surface area (Å²) in [6.07, 6.45) is 6.69. The number of piperazine rings is 1. The first-order valence-electron chi connectivity index (χ1n) is 8.40. The summed E-state index contributed by atoms with van der Waals surface area (Å²) < 4.78 is 0. The van der Waals surface area contributed by atoms with Crippen LogP contribution in [0.3, 0.4) is 0 Å². The van der Waals surface area contributed by atoms with Crippen LogP contribution < -0.4 is 10.2 Å². The molecule has 23 heavy (non-hydrogen) atoms. The Morgan fingerprint density at radius 1 is 1.26 bits per heavy atom. The Morgan fingerprint density at radius 3 is 2.61 bits per heavy atom. The molecule has 1 saturated heterocycles. The van der Waals surface area contributed by atoms with Crippen molar-refractivity contribution in [2.24, 2.45) is 5.92 Å². The van der Waals surface area contributed by atoms with E-state index in [1.165, 1.54) is 25.7 Å².